The molecular formula is C24H21Cl2N5O2. The Labute approximate surface area is 200 Å². The van der Waals surface area contributed by atoms with Crippen molar-refractivity contribution in [1.29, 1.82) is 0 Å². The Balaban J connectivity index is 1.62. The number of nitrogens with two attached hydrogens (primary N) is 1. The van der Waals surface area contributed by atoms with Gasteiger partial charge in [0.2, 0.25) is 0 Å². The maximum Gasteiger partial charge on any atom is 0.293 e. The van der Waals surface area contributed by atoms with Crippen LogP contribution in [0.25, 0.3) is 33.5 Å². The normalized spacial score (nSPS) is 13.8. The molecule has 2 aromatic heterocycles. The first-order valence-electron chi connectivity index (χ1n) is 10.5. The van der Waals surface area contributed by atoms with E-state index in [4.69, 9.17) is 33.8 Å². The number of fused-ring (bicyclic) bond motifs is 1. The predicted octanol–water partition coefficient (Wildman–Crippen LogP) is 4.28. The van der Waals surface area contributed by atoms with Crippen LogP contribution in [0, 0.1) is 0 Å². The van der Waals surface area contributed by atoms with E-state index in [0.717, 1.165) is 29.9 Å². The van der Waals surface area contributed by atoms with Crippen LogP contribution >= 0.6 is 23.2 Å². The highest BCUT2D eigenvalue weighted by atomic mass is 35.5. The zero-order chi connectivity index (χ0) is 23.1. The van der Waals surface area contributed by atoms with Gasteiger partial charge in [-0.2, -0.15) is 0 Å². The van der Waals surface area contributed by atoms with Crippen molar-refractivity contribution in [2.24, 2.45) is 0 Å². The van der Waals surface area contributed by atoms with E-state index < -0.39 is 5.56 Å². The van der Waals surface area contributed by atoms with Gasteiger partial charge in [0.1, 0.15) is 12.9 Å². The zero-order valence-electron chi connectivity index (χ0n) is 17.9. The summed E-state index contributed by atoms with van der Waals surface area (Å²) in [5, 5.41) is 1.15. The van der Waals surface area contributed by atoms with Crippen molar-refractivity contribution in [3.8, 4) is 22.5 Å². The molecule has 1 saturated heterocycles. The van der Waals surface area contributed by atoms with Crippen LogP contribution in [-0.2, 0) is 6.54 Å². The van der Waals surface area contributed by atoms with Crippen molar-refractivity contribution in [2.75, 3.05) is 25.9 Å². The SMILES string of the molecule is COn1c(=O)c(-c2c(Cl)cccc2Cl)cc2c(N)nc(-c3ccc(CN4CCC4)cc3)nc21. The van der Waals surface area contributed by atoms with Crippen molar-refractivity contribution in [1.82, 2.24) is 19.6 Å². The number of rotatable bonds is 5. The summed E-state index contributed by atoms with van der Waals surface area (Å²) in [6.07, 6.45) is 1.26. The molecule has 0 saturated carbocycles. The highest BCUT2D eigenvalue weighted by Crippen LogP contribution is 2.34. The molecule has 168 valence electrons. The van der Waals surface area contributed by atoms with Gasteiger partial charge in [0.05, 0.1) is 21.0 Å². The summed E-state index contributed by atoms with van der Waals surface area (Å²) >= 11 is 12.7. The number of nitrogens with zero attached hydrogens (tertiary/aromatic N) is 4. The average Bonchev–Trinajstić information content (AvgIpc) is 2.77. The second kappa shape index (κ2) is 8.67. The van der Waals surface area contributed by atoms with Gasteiger partial charge < -0.3 is 10.6 Å². The fourth-order valence-corrected chi connectivity index (χ4v) is 4.57. The summed E-state index contributed by atoms with van der Waals surface area (Å²) in [5.41, 5.74) is 8.80. The van der Waals surface area contributed by atoms with E-state index in [1.807, 2.05) is 12.1 Å². The zero-order valence-corrected chi connectivity index (χ0v) is 19.4. The molecule has 0 radical (unpaired) electrons. The maximum absolute atomic E-state index is 13.3. The van der Waals surface area contributed by atoms with Gasteiger partial charge in [0.15, 0.2) is 11.5 Å². The first-order chi connectivity index (χ1) is 16.0. The molecule has 9 heteroatoms. The number of nitrogen functional groups attached to an aromatic ring is 1. The summed E-state index contributed by atoms with van der Waals surface area (Å²) in [4.78, 5) is 30.2. The molecule has 0 aliphatic carbocycles. The minimum absolute atomic E-state index is 0.217. The van der Waals surface area contributed by atoms with Gasteiger partial charge in [-0.05, 0) is 43.3 Å². The second-order valence-corrected chi connectivity index (χ2v) is 8.75. The summed E-state index contributed by atoms with van der Waals surface area (Å²) < 4.78 is 1.09. The number of halogens is 2. The Hall–Kier alpha value is -3.13. The summed E-state index contributed by atoms with van der Waals surface area (Å²) in [7, 11) is 1.39. The molecule has 0 atom stereocenters. The summed E-state index contributed by atoms with van der Waals surface area (Å²) in [6.45, 7) is 3.21. The molecule has 4 aromatic rings. The van der Waals surface area contributed by atoms with Gasteiger partial charge in [-0.3, -0.25) is 9.69 Å². The van der Waals surface area contributed by atoms with Crippen molar-refractivity contribution in [3.05, 3.63) is 74.5 Å². The molecule has 3 heterocycles. The Bertz CT molecular complexity index is 1400. The number of benzene rings is 2. The van der Waals surface area contributed by atoms with E-state index in [2.05, 4.69) is 27.0 Å². The number of likely N-dealkylation sites (tertiary alicyclic amines) is 1. The quantitative estimate of drug-likeness (QED) is 0.457. The molecule has 0 bridgehead atoms. The largest absolute Gasteiger partial charge is 0.412 e. The van der Waals surface area contributed by atoms with Gasteiger partial charge in [-0.1, -0.05) is 53.5 Å². The monoisotopic (exact) mass is 481 g/mol. The number of pyridine rings is 1. The van der Waals surface area contributed by atoms with Crippen molar-refractivity contribution >= 4 is 40.1 Å². The van der Waals surface area contributed by atoms with Crippen LogP contribution < -0.4 is 16.1 Å². The van der Waals surface area contributed by atoms with Crippen LogP contribution in [0.15, 0.2) is 53.3 Å². The smallest absolute Gasteiger partial charge is 0.293 e. The van der Waals surface area contributed by atoms with Gasteiger partial charge >= 0.3 is 0 Å². The van der Waals surface area contributed by atoms with E-state index in [9.17, 15) is 4.79 Å². The van der Waals surface area contributed by atoms with Gasteiger partial charge in [-0.15, -0.1) is 4.73 Å². The number of hydrogen-bond donors (Lipinski definition) is 1. The fraction of sp³-hybridized carbons (Fsp3) is 0.208. The number of hydrogen-bond acceptors (Lipinski definition) is 6. The van der Waals surface area contributed by atoms with Crippen LogP contribution in [0.5, 0.6) is 0 Å². The average molecular weight is 482 g/mol. The molecule has 1 fully saturated rings. The van der Waals surface area contributed by atoms with E-state index in [1.54, 1.807) is 24.3 Å². The molecule has 1 aliphatic heterocycles. The second-order valence-electron chi connectivity index (χ2n) is 7.93. The molecule has 2 aromatic carbocycles. The minimum Gasteiger partial charge on any atom is -0.412 e. The third-order valence-corrected chi connectivity index (χ3v) is 6.46. The molecule has 0 spiro atoms. The maximum atomic E-state index is 13.3. The number of aromatic nitrogens is 3. The predicted molar refractivity (Wildman–Crippen MR) is 132 cm³/mol. The summed E-state index contributed by atoms with van der Waals surface area (Å²) in [6, 6.07) is 14.7. The lowest BCUT2D eigenvalue weighted by Gasteiger charge is -2.30. The van der Waals surface area contributed by atoms with Crippen molar-refractivity contribution in [3.63, 3.8) is 0 Å². The van der Waals surface area contributed by atoms with Gasteiger partial charge in [0.25, 0.3) is 5.56 Å². The lowest BCUT2D eigenvalue weighted by molar-refractivity contribution is 0.168. The Morgan fingerprint density at radius 2 is 1.76 bits per heavy atom. The highest BCUT2D eigenvalue weighted by molar-refractivity contribution is 6.39. The first-order valence-corrected chi connectivity index (χ1v) is 11.3. The Kier molecular flexibility index (Phi) is 5.70. The van der Waals surface area contributed by atoms with Crippen LogP contribution in [0.4, 0.5) is 5.82 Å². The lowest BCUT2D eigenvalue weighted by atomic mass is 10.1. The molecule has 2 N–H and O–H groups in total. The molecule has 33 heavy (non-hydrogen) atoms. The summed E-state index contributed by atoms with van der Waals surface area (Å²) in [5.74, 6) is 0.624. The van der Waals surface area contributed by atoms with E-state index in [1.165, 1.54) is 19.1 Å². The lowest BCUT2D eigenvalue weighted by Crippen LogP contribution is -2.36. The van der Waals surface area contributed by atoms with E-state index >= 15 is 0 Å². The molecule has 0 amide bonds. The topological polar surface area (TPSA) is 86.3 Å². The third-order valence-electron chi connectivity index (χ3n) is 5.83. The van der Waals surface area contributed by atoms with E-state index in [0.29, 0.717) is 26.8 Å². The molecule has 7 nitrogen and oxygen atoms in total. The standard InChI is InChI=1S/C24H21Cl2N5O2/c1-33-31-23-17(12-16(24(31)32)20-18(25)4-2-5-19(20)26)21(27)28-22(29-23)15-8-6-14(7-9-15)13-30-10-3-11-30/h2,4-9,12H,3,10-11,13H2,1H3,(H2,27,28,29). The molecule has 5 rings (SSSR count). The van der Waals surface area contributed by atoms with Crippen LogP contribution in [0.3, 0.4) is 0 Å². The molecular weight excluding hydrogens is 461 g/mol. The van der Waals surface area contributed by atoms with E-state index in [-0.39, 0.29) is 17.0 Å². The van der Waals surface area contributed by atoms with Crippen molar-refractivity contribution < 1.29 is 4.84 Å². The van der Waals surface area contributed by atoms with Crippen LogP contribution in [0.1, 0.15) is 12.0 Å². The van der Waals surface area contributed by atoms with Crippen LogP contribution in [-0.4, -0.2) is 39.8 Å². The Morgan fingerprint density at radius 3 is 2.36 bits per heavy atom. The van der Waals surface area contributed by atoms with Gasteiger partial charge in [-0.25, -0.2) is 9.97 Å². The van der Waals surface area contributed by atoms with Crippen LogP contribution in [0.2, 0.25) is 10.0 Å². The highest BCUT2D eigenvalue weighted by Gasteiger charge is 2.20. The first kappa shape index (κ1) is 21.7. The molecule has 0 unspecified atom stereocenters. The van der Waals surface area contributed by atoms with Crippen molar-refractivity contribution in [2.45, 2.75) is 13.0 Å². The minimum atomic E-state index is -0.450. The Morgan fingerprint density at radius 1 is 1.06 bits per heavy atom. The number of anilines is 1. The van der Waals surface area contributed by atoms with Gasteiger partial charge in [0, 0.05) is 17.7 Å². The third kappa shape index (κ3) is 3.93. The fourth-order valence-electron chi connectivity index (χ4n) is 3.97. The molecule has 1 aliphatic rings.